The number of phenolic OH excluding ortho intramolecular Hbond substituents is 2. The van der Waals surface area contributed by atoms with E-state index in [0.717, 1.165) is 47.5 Å². The molecule has 2 N–H and O–H groups in total. The second-order valence-electron chi connectivity index (χ2n) is 6.42. The summed E-state index contributed by atoms with van der Waals surface area (Å²) in [5, 5.41) is 19.6. The molecule has 0 unspecified atom stereocenters. The molecule has 4 heteroatoms. The number of phenols is 2. The largest absolute Gasteiger partial charge is 0.508 e. The average molecular weight is 348 g/mol. The number of hydrogen-bond acceptors (Lipinski definition) is 4. The normalized spacial score (nSPS) is 10.7. The number of aromatic hydroxyl groups is 2. The third-order valence-corrected chi connectivity index (χ3v) is 4.48. The van der Waals surface area contributed by atoms with Gasteiger partial charge in [-0.1, -0.05) is 19.4 Å². The highest BCUT2D eigenvalue weighted by Crippen LogP contribution is 2.38. The molecule has 1 heterocycles. The van der Waals surface area contributed by atoms with E-state index in [1.165, 1.54) is 0 Å². The first-order valence-electron chi connectivity index (χ1n) is 8.89. The number of aromatic nitrogens is 1. The van der Waals surface area contributed by atoms with Gasteiger partial charge in [-0.2, -0.15) is 0 Å². The van der Waals surface area contributed by atoms with E-state index in [1.54, 1.807) is 30.5 Å². The van der Waals surface area contributed by atoms with Gasteiger partial charge in [0.2, 0.25) is 0 Å². The van der Waals surface area contributed by atoms with E-state index in [1.807, 2.05) is 37.4 Å². The lowest BCUT2D eigenvalue weighted by Gasteiger charge is -2.23. The van der Waals surface area contributed by atoms with E-state index in [0.29, 0.717) is 0 Å². The zero-order valence-corrected chi connectivity index (χ0v) is 15.2. The van der Waals surface area contributed by atoms with E-state index >= 15 is 0 Å². The minimum absolute atomic E-state index is 0.232. The second kappa shape index (κ2) is 7.91. The summed E-state index contributed by atoms with van der Waals surface area (Å²) < 4.78 is 0. The average Bonchev–Trinajstić information content (AvgIpc) is 2.67. The van der Waals surface area contributed by atoms with E-state index in [9.17, 15) is 10.2 Å². The molecule has 1 aromatic heterocycles. The Labute approximate surface area is 154 Å². The van der Waals surface area contributed by atoms with Crippen LogP contribution in [0.4, 0.5) is 5.69 Å². The van der Waals surface area contributed by atoms with Crippen molar-refractivity contribution in [1.82, 2.24) is 4.98 Å². The van der Waals surface area contributed by atoms with Gasteiger partial charge < -0.3 is 15.1 Å². The molecule has 3 rings (SSSR count). The van der Waals surface area contributed by atoms with Gasteiger partial charge in [0, 0.05) is 48.2 Å². The maximum atomic E-state index is 10.0. The van der Waals surface area contributed by atoms with Crippen LogP contribution < -0.4 is 4.90 Å². The molecule has 0 spiro atoms. The standard InChI is InChI=1S/C22H24N2O2/c1-3-4-14-24(2)21-15-18(26)11-12-19(21)20-6-5-13-23-22(20)16-7-9-17(25)10-8-16/h5-13,15,25-26H,3-4,14H2,1-2H3. The van der Waals surface area contributed by atoms with E-state index in [-0.39, 0.29) is 11.5 Å². The van der Waals surface area contributed by atoms with E-state index < -0.39 is 0 Å². The molecule has 0 fully saturated rings. The van der Waals surface area contributed by atoms with Crippen LogP contribution >= 0.6 is 0 Å². The molecule has 26 heavy (non-hydrogen) atoms. The van der Waals surface area contributed by atoms with Gasteiger partial charge in [-0.3, -0.25) is 4.98 Å². The Morgan fingerprint density at radius 2 is 1.65 bits per heavy atom. The van der Waals surface area contributed by atoms with Crippen LogP contribution in [0.3, 0.4) is 0 Å². The highest BCUT2D eigenvalue weighted by Gasteiger charge is 2.15. The molecule has 0 saturated carbocycles. The number of hydrogen-bond donors (Lipinski definition) is 2. The van der Waals surface area contributed by atoms with Gasteiger partial charge in [0.25, 0.3) is 0 Å². The molecule has 3 aromatic rings. The second-order valence-corrected chi connectivity index (χ2v) is 6.42. The number of rotatable bonds is 6. The number of anilines is 1. The van der Waals surface area contributed by atoms with Gasteiger partial charge in [0.05, 0.1) is 5.69 Å². The summed E-state index contributed by atoms with van der Waals surface area (Å²) in [6, 6.07) is 16.5. The number of benzene rings is 2. The van der Waals surface area contributed by atoms with Gasteiger partial charge in [0.1, 0.15) is 11.5 Å². The van der Waals surface area contributed by atoms with Crippen molar-refractivity contribution in [1.29, 1.82) is 0 Å². The first-order valence-corrected chi connectivity index (χ1v) is 8.89. The molecule has 0 bridgehead atoms. The molecule has 0 saturated heterocycles. The van der Waals surface area contributed by atoms with Crippen LogP contribution in [-0.4, -0.2) is 28.8 Å². The van der Waals surface area contributed by atoms with Crippen LogP contribution in [0.15, 0.2) is 60.8 Å². The van der Waals surface area contributed by atoms with Gasteiger partial charge >= 0.3 is 0 Å². The van der Waals surface area contributed by atoms with Crippen molar-refractivity contribution in [2.45, 2.75) is 19.8 Å². The zero-order valence-electron chi connectivity index (χ0n) is 15.2. The molecule has 4 nitrogen and oxygen atoms in total. The predicted octanol–water partition coefficient (Wildman–Crippen LogP) is 5.06. The van der Waals surface area contributed by atoms with Gasteiger partial charge in [-0.15, -0.1) is 0 Å². The van der Waals surface area contributed by atoms with Crippen molar-refractivity contribution in [3.8, 4) is 33.9 Å². The van der Waals surface area contributed by atoms with Crippen LogP contribution in [0.1, 0.15) is 19.8 Å². The summed E-state index contributed by atoms with van der Waals surface area (Å²) in [4.78, 5) is 6.75. The number of pyridine rings is 1. The lowest BCUT2D eigenvalue weighted by Crippen LogP contribution is -2.19. The monoisotopic (exact) mass is 348 g/mol. The highest BCUT2D eigenvalue weighted by molar-refractivity contribution is 5.88. The van der Waals surface area contributed by atoms with Crippen molar-refractivity contribution in [2.24, 2.45) is 0 Å². The molecular weight excluding hydrogens is 324 g/mol. The number of nitrogens with zero attached hydrogens (tertiary/aromatic N) is 2. The summed E-state index contributed by atoms with van der Waals surface area (Å²) >= 11 is 0. The molecule has 0 aliphatic rings. The van der Waals surface area contributed by atoms with E-state index in [2.05, 4.69) is 16.8 Å². The summed E-state index contributed by atoms with van der Waals surface area (Å²) in [6.45, 7) is 3.09. The predicted molar refractivity (Wildman–Crippen MR) is 107 cm³/mol. The minimum atomic E-state index is 0.232. The minimum Gasteiger partial charge on any atom is -0.508 e. The third kappa shape index (κ3) is 3.80. The van der Waals surface area contributed by atoms with E-state index in [4.69, 9.17) is 0 Å². The fraction of sp³-hybridized carbons (Fsp3) is 0.227. The Morgan fingerprint density at radius 3 is 2.38 bits per heavy atom. The number of unbranched alkanes of at least 4 members (excludes halogenated alkanes) is 1. The Balaban J connectivity index is 2.11. The fourth-order valence-corrected chi connectivity index (χ4v) is 3.05. The Morgan fingerprint density at radius 1 is 0.923 bits per heavy atom. The summed E-state index contributed by atoms with van der Waals surface area (Å²) in [5.74, 6) is 0.484. The smallest absolute Gasteiger partial charge is 0.117 e. The van der Waals surface area contributed by atoms with Crippen molar-refractivity contribution in [3.05, 3.63) is 60.8 Å². The quantitative estimate of drug-likeness (QED) is 0.653. The molecule has 0 radical (unpaired) electrons. The van der Waals surface area contributed by atoms with Gasteiger partial charge in [-0.25, -0.2) is 0 Å². The Kier molecular flexibility index (Phi) is 5.42. The molecular formula is C22H24N2O2. The fourth-order valence-electron chi connectivity index (χ4n) is 3.05. The Bertz CT molecular complexity index is 876. The molecule has 0 aliphatic heterocycles. The van der Waals surface area contributed by atoms with Crippen LogP contribution in [0.2, 0.25) is 0 Å². The topological polar surface area (TPSA) is 56.6 Å². The van der Waals surface area contributed by atoms with Crippen molar-refractivity contribution >= 4 is 5.69 Å². The van der Waals surface area contributed by atoms with Crippen LogP contribution in [-0.2, 0) is 0 Å². The highest BCUT2D eigenvalue weighted by atomic mass is 16.3. The summed E-state index contributed by atoms with van der Waals surface area (Å²) in [5.41, 5.74) is 4.79. The Hall–Kier alpha value is -3.01. The van der Waals surface area contributed by atoms with Crippen molar-refractivity contribution < 1.29 is 10.2 Å². The van der Waals surface area contributed by atoms with Crippen molar-refractivity contribution in [3.63, 3.8) is 0 Å². The first kappa shape index (κ1) is 17.8. The van der Waals surface area contributed by atoms with Crippen LogP contribution in [0.5, 0.6) is 11.5 Å². The van der Waals surface area contributed by atoms with Crippen molar-refractivity contribution in [2.75, 3.05) is 18.5 Å². The summed E-state index contributed by atoms with van der Waals surface area (Å²) in [7, 11) is 2.05. The van der Waals surface area contributed by atoms with Gasteiger partial charge in [0.15, 0.2) is 0 Å². The van der Waals surface area contributed by atoms with Crippen LogP contribution in [0, 0.1) is 0 Å². The maximum Gasteiger partial charge on any atom is 0.117 e. The molecule has 0 aliphatic carbocycles. The summed E-state index contributed by atoms with van der Waals surface area (Å²) in [6.07, 6.45) is 3.97. The lowest BCUT2D eigenvalue weighted by atomic mass is 9.97. The lowest BCUT2D eigenvalue weighted by molar-refractivity contribution is 0.475. The maximum absolute atomic E-state index is 10.0. The van der Waals surface area contributed by atoms with Gasteiger partial charge in [-0.05, 0) is 48.9 Å². The van der Waals surface area contributed by atoms with Crippen LogP contribution in [0.25, 0.3) is 22.4 Å². The third-order valence-electron chi connectivity index (χ3n) is 4.48. The zero-order chi connectivity index (χ0) is 18.5. The first-order chi connectivity index (χ1) is 12.6. The molecule has 2 aromatic carbocycles. The molecule has 134 valence electrons. The SMILES string of the molecule is CCCCN(C)c1cc(O)ccc1-c1cccnc1-c1ccc(O)cc1. The molecule has 0 amide bonds. The molecule has 0 atom stereocenters.